The van der Waals surface area contributed by atoms with E-state index in [0.29, 0.717) is 6.04 Å². The predicted octanol–water partition coefficient (Wildman–Crippen LogP) is 1.91. The van der Waals surface area contributed by atoms with Gasteiger partial charge in [0.2, 0.25) is 0 Å². The zero-order valence-corrected chi connectivity index (χ0v) is 9.10. The van der Waals surface area contributed by atoms with Crippen LogP contribution in [-0.4, -0.2) is 25.2 Å². The van der Waals surface area contributed by atoms with Crippen LogP contribution in [0.5, 0.6) is 0 Å². The van der Waals surface area contributed by atoms with Crippen molar-refractivity contribution in [2.45, 2.75) is 58.0 Å². The summed E-state index contributed by atoms with van der Waals surface area (Å²) in [4.78, 5) is 0. The first kappa shape index (κ1) is 11.0. The van der Waals surface area contributed by atoms with E-state index in [9.17, 15) is 0 Å². The third-order valence-corrected chi connectivity index (χ3v) is 2.92. The lowest BCUT2D eigenvalue weighted by atomic mass is 10.2. The number of rotatable bonds is 6. The molecule has 0 spiro atoms. The summed E-state index contributed by atoms with van der Waals surface area (Å²) in [5, 5.41) is 7.06. The molecule has 1 aliphatic rings. The number of nitrogens with one attached hydrogen (secondary N) is 2. The first-order valence-corrected chi connectivity index (χ1v) is 5.79. The average Bonchev–Trinajstić information content (AvgIpc) is 2.57. The van der Waals surface area contributed by atoms with Crippen LogP contribution in [0.25, 0.3) is 0 Å². The predicted molar refractivity (Wildman–Crippen MR) is 58.0 cm³/mol. The molecule has 0 amide bonds. The summed E-state index contributed by atoms with van der Waals surface area (Å²) in [7, 11) is 0. The van der Waals surface area contributed by atoms with Gasteiger partial charge in [0, 0.05) is 12.1 Å². The van der Waals surface area contributed by atoms with Crippen molar-refractivity contribution in [1.82, 2.24) is 10.6 Å². The molecule has 0 aromatic carbocycles. The minimum absolute atomic E-state index is 0.666. The lowest BCUT2D eigenvalue weighted by Crippen LogP contribution is -2.33. The van der Waals surface area contributed by atoms with Crippen molar-refractivity contribution < 1.29 is 0 Å². The highest BCUT2D eigenvalue weighted by atomic mass is 14.9. The number of hydrogen-bond donors (Lipinski definition) is 2. The monoisotopic (exact) mass is 184 g/mol. The lowest BCUT2D eigenvalue weighted by molar-refractivity contribution is 0.462. The Balaban J connectivity index is 1.93. The molecule has 78 valence electrons. The molecule has 2 N–H and O–H groups in total. The first-order valence-electron chi connectivity index (χ1n) is 5.79. The first-order chi connectivity index (χ1) is 6.33. The van der Waals surface area contributed by atoms with Gasteiger partial charge in [-0.2, -0.15) is 0 Å². The van der Waals surface area contributed by atoms with Crippen molar-refractivity contribution in [3.8, 4) is 0 Å². The van der Waals surface area contributed by atoms with Crippen LogP contribution >= 0.6 is 0 Å². The molecular weight excluding hydrogens is 160 g/mol. The molecule has 0 aliphatic heterocycles. The largest absolute Gasteiger partial charge is 0.314 e. The molecule has 0 saturated heterocycles. The minimum atomic E-state index is 0.666. The summed E-state index contributed by atoms with van der Waals surface area (Å²) < 4.78 is 0. The Hall–Kier alpha value is -0.0800. The van der Waals surface area contributed by atoms with Gasteiger partial charge in [0.05, 0.1) is 0 Å². The molecule has 2 nitrogen and oxygen atoms in total. The maximum atomic E-state index is 3.63. The zero-order valence-electron chi connectivity index (χ0n) is 9.10. The SMILES string of the molecule is CCNC(C)CCNC1CCCC1. The molecule has 1 unspecified atom stereocenters. The second kappa shape index (κ2) is 6.39. The highest BCUT2D eigenvalue weighted by Crippen LogP contribution is 2.17. The van der Waals surface area contributed by atoms with E-state index in [1.807, 2.05) is 0 Å². The zero-order chi connectivity index (χ0) is 9.52. The molecule has 13 heavy (non-hydrogen) atoms. The van der Waals surface area contributed by atoms with Crippen molar-refractivity contribution in [2.24, 2.45) is 0 Å². The topological polar surface area (TPSA) is 24.1 Å². The summed E-state index contributed by atoms with van der Waals surface area (Å²) in [6, 6.07) is 1.49. The molecule has 1 aliphatic carbocycles. The van der Waals surface area contributed by atoms with Gasteiger partial charge in [0.1, 0.15) is 0 Å². The van der Waals surface area contributed by atoms with E-state index in [0.717, 1.165) is 12.6 Å². The molecule has 0 aromatic heterocycles. The fourth-order valence-corrected chi connectivity index (χ4v) is 2.08. The molecule has 1 atom stereocenters. The van der Waals surface area contributed by atoms with Crippen molar-refractivity contribution in [3.05, 3.63) is 0 Å². The third-order valence-electron chi connectivity index (χ3n) is 2.92. The van der Waals surface area contributed by atoms with E-state index in [2.05, 4.69) is 24.5 Å². The van der Waals surface area contributed by atoms with Gasteiger partial charge in [0.15, 0.2) is 0 Å². The Morgan fingerprint density at radius 1 is 1.31 bits per heavy atom. The van der Waals surface area contributed by atoms with E-state index in [1.54, 1.807) is 0 Å². The molecule has 0 bridgehead atoms. The molecule has 0 aromatic rings. The quantitative estimate of drug-likeness (QED) is 0.659. The summed E-state index contributed by atoms with van der Waals surface area (Å²) in [6.07, 6.45) is 6.91. The van der Waals surface area contributed by atoms with Crippen LogP contribution in [0.1, 0.15) is 46.0 Å². The highest BCUT2D eigenvalue weighted by Gasteiger charge is 2.13. The van der Waals surface area contributed by atoms with Gasteiger partial charge < -0.3 is 10.6 Å². The Morgan fingerprint density at radius 2 is 2.00 bits per heavy atom. The van der Waals surface area contributed by atoms with E-state index < -0.39 is 0 Å². The molecule has 2 heteroatoms. The van der Waals surface area contributed by atoms with Crippen molar-refractivity contribution in [1.29, 1.82) is 0 Å². The fraction of sp³-hybridized carbons (Fsp3) is 1.00. The molecule has 1 saturated carbocycles. The van der Waals surface area contributed by atoms with Crippen molar-refractivity contribution in [2.75, 3.05) is 13.1 Å². The Bertz CT molecular complexity index is 119. The van der Waals surface area contributed by atoms with Crippen LogP contribution in [0.2, 0.25) is 0 Å². The van der Waals surface area contributed by atoms with Gasteiger partial charge in [-0.1, -0.05) is 19.8 Å². The van der Waals surface area contributed by atoms with E-state index in [-0.39, 0.29) is 0 Å². The van der Waals surface area contributed by atoms with Gasteiger partial charge >= 0.3 is 0 Å². The lowest BCUT2D eigenvalue weighted by Gasteiger charge is -2.15. The van der Waals surface area contributed by atoms with Crippen LogP contribution in [0.15, 0.2) is 0 Å². The third kappa shape index (κ3) is 4.63. The van der Waals surface area contributed by atoms with Crippen LogP contribution in [0, 0.1) is 0 Å². The van der Waals surface area contributed by atoms with Crippen LogP contribution < -0.4 is 10.6 Å². The summed E-state index contributed by atoms with van der Waals surface area (Å²) in [6.45, 7) is 6.70. The van der Waals surface area contributed by atoms with E-state index >= 15 is 0 Å². The highest BCUT2D eigenvalue weighted by molar-refractivity contribution is 4.74. The minimum Gasteiger partial charge on any atom is -0.314 e. The van der Waals surface area contributed by atoms with Gasteiger partial charge in [-0.15, -0.1) is 0 Å². The molecule has 0 radical (unpaired) electrons. The molecule has 1 fully saturated rings. The summed E-state index contributed by atoms with van der Waals surface area (Å²) >= 11 is 0. The molecular formula is C11H24N2. The Morgan fingerprint density at radius 3 is 2.62 bits per heavy atom. The maximum Gasteiger partial charge on any atom is 0.00670 e. The second-order valence-electron chi connectivity index (χ2n) is 4.18. The fourth-order valence-electron chi connectivity index (χ4n) is 2.08. The van der Waals surface area contributed by atoms with Gasteiger partial charge in [-0.05, 0) is 39.3 Å². The van der Waals surface area contributed by atoms with Crippen LogP contribution in [-0.2, 0) is 0 Å². The summed E-state index contributed by atoms with van der Waals surface area (Å²) in [5.41, 5.74) is 0. The van der Waals surface area contributed by atoms with Crippen LogP contribution in [0.3, 0.4) is 0 Å². The normalized spacial score (nSPS) is 20.8. The van der Waals surface area contributed by atoms with Crippen LogP contribution in [0.4, 0.5) is 0 Å². The second-order valence-corrected chi connectivity index (χ2v) is 4.18. The number of hydrogen-bond acceptors (Lipinski definition) is 2. The standard InChI is InChI=1S/C11H24N2/c1-3-12-10(2)8-9-13-11-6-4-5-7-11/h10-13H,3-9H2,1-2H3. The van der Waals surface area contributed by atoms with Gasteiger partial charge in [-0.25, -0.2) is 0 Å². The van der Waals surface area contributed by atoms with Gasteiger partial charge in [0.25, 0.3) is 0 Å². The molecule has 0 heterocycles. The Labute approximate surface area is 82.5 Å². The smallest absolute Gasteiger partial charge is 0.00670 e. The van der Waals surface area contributed by atoms with Crippen molar-refractivity contribution >= 4 is 0 Å². The maximum absolute atomic E-state index is 3.63. The average molecular weight is 184 g/mol. The Kier molecular flexibility index (Phi) is 5.40. The molecule has 1 rings (SSSR count). The van der Waals surface area contributed by atoms with E-state index in [1.165, 1.54) is 38.6 Å². The van der Waals surface area contributed by atoms with Crippen molar-refractivity contribution in [3.63, 3.8) is 0 Å². The van der Waals surface area contributed by atoms with Gasteiger partial charge in [-0.3, -0.25) is 0 Å². The van der Waals surface area contributed by atoms with E-state index in [4.69, 9.17) is 0 Å². The summed E-state index contributed by atoms with van der Waals surface area (Å²) in [5.74, 6) is 0.